The molecule has 1 atom stereocenters. The third-order valence-corrected chi connectivity index (χ3v) is 6.38. The number of nitrogens with zero attached hydrogens (tertiary/aromatic N) is 2. The van der Waals surface area contributed by atoms with E-state index in [4.69, 9.17) is 21.3 Å². The number of rotatable bonds is 4. The van der Waals surface area contributed by atoms with Crippen molar-refractivity contribution in [3.8, 4) is 0 Å². The maximum Gasteiger partial charge on any atom is 0.260 e. The Hall–Kier alpha value is -1.95. The minimum Gasteiger partial charge on any atom is -0.376 e. The van der Waals surface area contributed by atoms with Gasteiger partial charge in [-0.15, -0.1) is 0 Å². The summed E-state index contributed by atoms with van der Waals surface area (Å²) in [5.74, 6) is -0.0537. The first kappa shape index (κ1) is 18.4. The molecule has 1 saturated heterocycles. The second-order valence-electron chi connectivity index (χ2n) is 6.96. The molecule has 140 valence electrons. The molecule has 1 aromatic heterocycles. The van der Waals surface area contributed by atoms with Crippen LogP contribution in [-0.4, -0.2) is 30.1 Å². The average Bonchev–Trinajstić information content (AvgIpc) is 3.32. The zero-order valence-corrected chi connectivity index (χ0v) is 16.9. The van der Waals surface area contributed by atoms with Crippen molar-refractivity contribution in [2.75, 3.05) is 18.1 Å². The number of ether oxygens (including phenoxy) is 1. The van der Waals surface area contributed by atoms with Gasteiger partial charge in [0.25, 0.3) is 5.91 Å². The van der Waals surface area contributed by atoms with E-state index in [9.17, 15) is 4.79 Å². The third kappa shape index (κ3) is 3.72. The molecule has 2 aromatic carbocycles. The maximum absolute atomic E-state index is 13.3. The summed E-state index contributed by atoms with van der Waals surface area (Å²) in [4.78, 5) is 19.9. The van der Waals surface area contributed by atoms with Crippen LogP contribution in [0.3, 0.4) is 0 Å². The number of halogens is 1. The molecule has 3 aromatic rings. The average molecular weight is 401 g/mol. The molecule has 4 nitrogen and oxygen atoms in total. The summed E-state index contributed by atoms with van der Waals surface area (Å²) in [5, 5.41) is 1.34. The van der Waals surface area contributed by atoms with Gasteiger partial charge in [-0.2, -0.15) is 0 Å². The normalized spacial score (nSPS) is 16.8. The number of hydrogen-bond acceptors (Lipinski definition) is 4. The molecule has 1 unspecified atom stereocenters. The largest absolute Gasteiger partial charge is 0.376 e. The molecule has 1 fully saturated rings. The van der Waals surface area contributed by atoms with Crippen molar-refractivity contribution in [1.29, 1.82) is 0 Å². The highest BCUT2D eigenvalue weighted by Crippen LogP contribution is 2.36. The second-order valence-corrected chi connectivity index (χ2v) is 8.34. The zero-order chi connectivity index (χ0) is 19.0. The molecule has 0 saturated carbocycles. The predicted molar refractivity (Wildman–Crippen MR) is 111 cm³/mol. The Labute approximate surface area is 167 Å². The first-order valence-corrected chi connectivity index (χ1v) is 10.3. The van der Waals surface area contributed by atoms with E-state index in [-0.39, 0.29) is 12.0 Å². The minimum absolute atomic E-state index is 0.0438. The molecule has 4 rings (SSSR count). The molecule has 1 aliphatic rings. The number of thiazole rings is 1. The second kappa shape index (κ2) is 7.58. The number of benzene rings is 2. The fourth-order valence-corrected chi connectivity index (χ4v) is 4.70. The third-order valence-electron chi connectivity index (χ3n) is 4.84. The highest BCUT2D eigenvalue weighted by molar-refractivity contribution is 7.23. The molecule has 0 spiro atoms. The number of fused-ring (bicyclic) bond motifs is 1. The topological polar surface area (TPSA) is 42.4 Å². The van der Waals surface area contributed by atoms with E-state index in [0.29, 0.717) is 22.3 Å². The van der Waals surface area contributed by atoms with Crippen LogP contribution in [0.1, 0.15) is 34.3 Å². The van der Waals surface area contributed by atoms with E-state index in [2.05, 4.69) is 0 Å². The van der Waals surface area contributed by atoms with Crippen LogP contribution < -0.4 is 4.90 Å². The smallest absolute Gasteiger partial charge is 0.260 e. The fourth-order valence-electron chi connectivity index (χ4n) is 3.38. The van der Waals surface area contributed by atoms with Crippen LogP contribution in [-0.2, 0) is 4.74 Å². The van der Waals surface area contributed by atoms with Gasteiger partial charge in [0, 0.05) is 12.2 Å². The monoisotopic (exact) mass is 400 g/mol. The lowest BCUT2D eigenvalue weighted by Gasteiger charge is -2.23. The van der Waals surface area contributed by atoms with E-state index in [1.807, 2.05) is 50.2 Å². The van der Waals surface area contributed by atoms with Crippen LogP contribution in [0.15, 0.2) is 36.4 Å². The van der Waals surface area contributed by atoms with Crippen LogP contribution in [0.2, 0.25) is 5.02 Å². The summed E-state index contributed by atoms with van der Waals surface area (Å²) in [6.07, 6.45) is 2.03. The van der Waals surface area contributed by atoms with Crippen molar-refractivity contribution in [3.05, 3.63) is 58.1 Å². The van der Waals surface area contributed by atoms with Crippen LogP contribution in [0, 0.1) is 13.8 Å². The molecule has 0 N–H and O–H groups in total. The minimum atomic E-state index is -0.0537. The van der Waals surface area contributed by atoms with Gasteiger partial charge in [-0.3, -0.25) is 9.69 Å². The van der Waals surface area contributed by atoms with Crippen molar-refractivity contribution in [2.45, 2.75) is 32.8 Å². The van der Waals surface area contributed by atoms with Crippen molar-refractivity contribution in [2.24, 2.45) is 0 Å². The van der Waals surface area contributed by atoms with Gasteiger partial charge in [-0.05, 0) is 50.5 Å². The van der Waals surface area contributed by atoms with Gasteiger partial charge in [-0.25, -0.2) is 4.98 Å². The summed E-state index contributed by atoms with van der Waals surface area (Å²) >= 11 is 7.84. The molecular formula is C21H21ClN2O2S. The van der Waals surface area contributed by atoms with Gasteiger partial charge in [0.15, 0.2) is 5.13 Å². The summed E-state index contributed by atoms with van der Waals surface area (Å²) in [6, 6.07) is 11.5. The Morgan fingerprint density at radius 2 is 2.19 bits per heavy atom. The number of hydrogen-bond donors (Lipinski definition) is 0. The molecule has 2 heterocycles. The highest BCUT2D eigenvalue weighted by atomic mass is 35.5. The van der Waals surface area contributed by atoms with Gasteiger partial charge < -0.3 is 4.74 Å². The Bertz CT molecular complexity index is 956. The molecule has 6 heteroatoms. The van der Waals surface area contributed by atoms with Crippen molar-refractivity contribution >= 4 is 44.2 Å². The van der Waals surface area contributed by atoms with Crippen LogP contribution in [0.25, 0.3) is 10.2 Å². The van der Waals surface area contributed by atoms with E-state index in [1.54, 1.807) is 4.90 Å². The van der Waals surface area contributed by atoms with E-state index >= 15 is 0 Å². The standard InChI is InChI=1S/C21H21ClN2O2S/c1-13-5-3-6-15(11-13)20(25)24(12-16-7-4-10-26-16)21-23-18-14(2)8-9-17(22)19(18)27-21/h3,5-6,8-9,11,16H,4,7,10,12H2,1-2H3. The fraction of sp³-hybridized carbons (Fsp3) is 0.333. The van der Waals surface area contributed by atoms with Gasteiger partial charge in [0.1, 0.15) is 0 Å². The number of carbonyl (C=O) groups excluding carboxylic acids is 1. The van der Waals surface area contributed by atoms with E-state index in [0.717, 1.165) is 40.8 Å². The Morgan fingerprint density at radius 1 is 1.33 bits per heavy atom. The number of aromatic nitrogens is 1. The number of amides is 1. The van der Waals surface area contributed by atoms with Gasteiger partial charge >= 0.3 is 0 Å². The van der Waals surface area contributed by atoms with Crippen LogP contribution in [0.4, 0.5) is 5.13 Å². The first-order chi connectivity index (χ1) is 13.0. The zero-order valence-electron chi connectivity index (χ0n) is 15.4. The molecule has 0 radical (unpaired) electrons. The summed E-state index contributed by atoms with van der Waals surface area (Å²) < 4.78 is 6.71. The highest BCUT2D eigenvalue weighted by Gasteiger charge is 2.27. The van der Waals surface area contributed by atoms with Crippen molar-refractivity contribution in [3.63, 3.8) is 0 Å². The summed E-state index contributed by atoms with van der Waals surface area (Å²) in [6.45, 7) is 5.25. The van der Waals surface area contributed by atoms with Crippen LogP contribution in [0.5, 0.6) is 0 Å². The van der Waals surface area contributed by atoms with Gasteiger partial charge in [0.05, 0.1) is 27.9 Å². The molecule has 1 amide bonds. The molecule has 1 aliphatic heterocycles. The number of aryl methyl sites for hydroxylation is 2. The Morgan fingerprint density at radius 3 is 2.89 bits per heavy atom. The quantitative estimate of drug-likeness (QED) is 0.589. The van der Waals surface area contributed by atoms with Crippen LogP contribution >= 0.6 is 22.9 Å². The lowest BCUT2D eigenvalue weighted by Crippen LogP contribution is -2.37. The molecular weight excluding hydrogens is 380 g/mol. The van der Waals surface area contributed by atoms with Gasteiger partial charge in [0.2, 0.25) is 0 Å². The van der Waals surface area contributed by atoms with E-state index in [1.165, 1.54) is 11.3 Å². The predicted octanol–water partition coefficient (Wildman–Crippen LogP) is 5.39. The lowest BCUT2D eigenvalue weighted by atomic mass is 10.1. The summed E-state index contributed by atoms with van der Waals surface area (Å²) in [7, 11) is 0. The number of carbonyl (C=O) groups is 1. The summed E-state index contributed by atoms with van der Waals surface area (Å²) in [5.41, 5.74) is 3.63. The first-order valence-electron chi connectivity index (χ1n) is 9.08. The van der Waals surface area contributed by atoms with Crippen molar-refractivity contribution in [1.82, 2.24) is 4.98 Å². The molecule has 0 bridgehead atoms. The lowest BCUT2D eigenvalue weighted by molar-refractivity contribution is 0.0917. The molecule has 27 heavy (non-hydrogen) atoms. The maximum atomic E-state index is 13.3. The Balaban J connectivity index is 1.76. The SMILES string of the molecule is Cc1cccc(C(=O)N(CC2CCCO2)c2nc3c(C)ccc(Cl)c3s2)c1. The Kier molecular flexibility index (Phi) is 5.17. The molecule has 0 aliphatic carbocycles. The van der Waals surface area contributed by atoms with Gasteiger partial charge in [-0.1, -0.05) is 46.7 Å². The number of anilines is 1. The van der Waals surface area contributed by atoms with E-state index < -0.39 is 0 Å². The van der Waals surface area contributed by atoms with Crippen molar-refractivity contribution < 1.29 is 9.53 Å².